The van der Waals surface area contributed by atoms with Crippen molar-refractivity contribution in [1.82, 2.24) is 19.9 Å². The minimum absolute atomic E-state index is 0.651. The van der Waals surface area contributed by atoms with Crippen LogP contribution in [-0.2, 0) is 0 Å². The van der Waals surface area contributed by atoms with Crippen LogP contribution in [0, 0.1) is 5.92 Å². The smallest absolute Gasteiger partial charge is 0.182 e. The first-order chi connectivity index (χ1) is 9.24. The molecular formula is C12H16N6S. The Morgan fingerprint density at radius 3 is 3.11 bits per heavy atom. The lowest BCUT2D eigenvalue weighted by Crippen LogP contribution is -2.09. The van der Waals surface area contributed by atoms with E-state index >= 15 is 0 Å². The monoisotopic (exact) mass is 276 g/mol. The fourth-order valence-corrected chi connectivity index (χ4v) is 3.33. The van der Waals surface area contributed by atoms with Gasteiger partial charge in [0.05, 0.1) is 6.33 Å². The van der Waals surface area contributed by atoms with E-state index in [0.717, 1.165) is 17.7 Å². The molecule has 2 aromatic rings. The minimum atomic E-state index is 0.651. The second-order valence-corrected chi connectivity index (χ2v) is 6.14. The molecule has 6 nitrogen and oxygen atoms in total. The average molecular weight is 276 g/mol. The number of hydrazone groups is 1. The number of aromatic amines is 1. The Kier molecular flexibility index (Phi) is 3.37. The summed E-state index contributed by atoms with van der Waals surface area (Å²) >= 11 is 1.98. The summed E-state index contributed by atoms with van der Waals surface area (Å²) in [6.07, 6.45) is 4.15. The van der Waals surface area contributed by atoms with E-state index in [1.165, 1.54) is 12.0 Å². The molecular weight excluding hydrogens is 260 g/mol. The van der Waals surface area contributed by atoms with E-state index in [1.807, 2.05) is 11.8 Å². The molecule has 1 atom stereocenters. The van der Waals surface area contributed by atoms with E-state index in [0.29, 0.717) is 22.6 Å². The Morgan fingerprint density at radius 2 is 2.32 bits per heavy atom. The summed E-state index contributed by atoms with van der Waals surface area (Å²) in [5.41, 5.74) is 5.66. The van der Waals surface area contributed by atoms with E-state index in [-0.39, 0.29) is 0 Å². The van der Waals surface area contributed by atoms with Crippen molar-refractivity contribution in [1.29, 1.82) is 0 Å². The molecule has 3 rings (SSSR count). The number of hydrogen-bond acceptors (Lipinski definition) is 6. The van der Waals surface area contributed by atoms with E-state index < -0.39 is 0 Å². The van der Waals surface area contributed by atoms with Gasteiger partial charge in [0, 0.05) is 23.1 Å². The Hall–Kier alpha value is -1.63. The van der Waals surface area contributed by atoms with Gasteiger partial charge in [0.15, 0.2) is 11.5 Å². The van der Waals surface area contributed by atoms with Crippen LogP contribution in [0.5, 0.6) is 0 Å². The zero-order chi connectivity index (χ0) is 13.2. The summed E-state index contributed by atoms with van der Waals surface area (Å²) in [4.78, 5) is 15.4. The number of rotatable bonds is 3. The quantitative estimate of drug-likeness (QED) is 0.841. The normalized spacial score (nSPS) is 21.6. The van der Waals surface area contributed by atoms with E-state index in [4.69, 9.17) is 0 Å². The Balaban J connectivity index is 1.74. The molecule has 0 radical (unpaired) electrons. The van der Waals surface area contributed by atoms with Gasteiger partial charge in [-0.1, -0.05) is 13.8 Å². The highest BCUT2D eigenvalue weighted by Gasteiger charge is 2.24. The predicted octanol–water partition coefficient (Wildman–Crippen LogP) is 2.28. The average Bonchev–Trinajstić information content (AvgIpc) is 3.05. The molecule has 1 aliphatic rings. The molecule has 0 saturated carbocycles. The van der Waals surface area contributed by atoms with E-state index in [9.17, 15) is 0 Å². The van der Waals surface area contributed by atoms with Crippen LogP contribution < -0.4 is 5.43 Å². The first kappa shape index (κ1) is 12.4. The standard InChI is InChI=1S/C12H16N6S/c1-7(2)9-3-8(4-19-9)17-18-12-10-11(14-5-13-10)15-6-16-12/h5-7,9H,3-4H2,1-2H3,(H2,13,14,15,16,18). The van der Waals surface area contributed by atoms with Crippen LogP contribution in [0.4, 0.5) is 5.82 Å². The van der Waals surface area contributed by atoms with Crippen molar-refractivity contribution in [2.24, 2.45) is 11.0 Å². The topological polar surface area (TPSA) is 78.8 Å². The molecule has 7 heteroatoms. The molecule has 1 aliphatic heterocycles. The number of anilines is 1. The molecule has 2 aromatic heterocycles. The van der Waals surface area contributed by atoms with Gasteiger partial charge in [0.25, 0.3) is 0 Å². The molecule has 0 aliphatic carbocycles. The number of nitrogens with zero attached hydrogens (tertiary/aromatic N) is 4. The van der Waals surface area contributed by atoms with Gasteiger partial charge in [0.2, 0.25) is 0 Å². The number of H-pyrrole nitrogens is 1. The highest BCUT2D eigenvalue weighted by atomic mass is 32.2. The lowest BCUT2D eigenvalue weighted by molar-refractivity contribution is 0.627. The summed E-state index contributed by atoms with van der Waals surface area (Å²) in [7, 11) is 0. The highest BCUT2D eigenvalue weighted by molar-refractivity contribution is 8.01. The van der Waals surface area contributed by atoms with Gasteiger partial charge in [0.1, 0.15) is 11.8 Å². The number of nitrogens with one attached hydrogen (secondary N) is 2. The first-order valence-corrected chi connectivity index (χ1v) is 7.36. The third kappa shape index (κ3) is 2.56. The van der Waals surface area contributed by atoms with Crippen LogP contribution in [0.1, 0.15) is 20.3 Å². The van der Waals surface area contributed by atoms with Crippen molar-refractivity contribution in [2.75, 3.05) is 11.2 Å². The van der Waals surface area contributed by atoms with Crippen LogP contribution in [0.2, 0.25) is 0 Å². The maximum atomic E-state index is 4.46. The van der Waals surface area contributed by atoms with Crippen LogP contribution in [-0.4, -0.2) is 36.7 Å². The third-order valence-electron chi connectivity index (χ3n) is 3.19. The summed E-state index contributed by atoms with van der Waals surface area (Å²) in [5.74, 6) is 2.36. The Morgan fingerprint density at radius 1 is 1.42 bits per heavy atom. The summed E-state index contributed by atoms with van der Waals surface area (Å²) < 4.78 is 0. The molecule has 0 bridgehead atoms. The van der Waals surface area contributed by atoms with Crippen LogP contribution >= 0.6 is 11.8 Å². The number of thioether (sulfide) groups is 1. The van der Waals surface area contributed by atoms with E-state index in [1.54, 1.807) is 6.33 Å². The molecule has 3 heterocycles. The predicted molar refractivity (Wildman–Crippen MR) is 78.4 cm³/mol. The molecule has 1 saturated heterocycles. The van der Waals surface area contributed by atoms with Gasteiger partial charge in [-0.05, 0) is 5.92 Å². The van der Waals surface area contributed by atoms with Gasteiger partial charge in [-0.3, -0.25) is 5.43 Å². The van der Waals surface area contributed by atoms with Crippen molar-refractivity contribution < 1.29 is 0 Å². The molecule has 0 spiro atoms. The highest BCUT2D eigenvalue weighted by Crippen LogP contribution is 2.30. The molecule has 0 amide bonds. The maximum Gasteiger partial charge on any atom is 0.182 e. The van der Waals surface area contributed by atoms with Crippen molar-refractivity contribution in [2.45, 2.75) is 25.5 Å². The van der Waals surface area contributed by atoms with Gasteiger partial charge in [-0.25, -0.2) is 15.0 Å². The molecule has 0 aromatic carbocycles. The van der Waals surface area contributed by atoms with Crippen LogP contribution in [0.3, 0.4) is 0 Å². The fraction of sp³-hybridized carbons (Fsp3) is 0.500. The van der Waals surface area contributed by atoms with E-state index in [2.05, 4.69) is 44.3 Å². The van der Waals surface area contributed by atoms with Crippen molar-refractivity contribution in [3.05, 3.63) is 12.7 Å². The largest absolute Gasteiger partial charge is 0.340 e. The number of fused-ring (bicyclic) bond motifs is 1. The van der Waals surface area contributed by atoms with Crippen molar-refractivity contribution in [3.63, 3.8) is 0 Å². The SMILES string of the molecule is CC(C)C1CC(=NNc2ncnc3nc[nH]c23)CS1. The summed E-state index contributed by atoms with van der Waals surface area (Å²) in [6, 6.07) is 0. The van der Waals surface area contributed by atoms with Crippen molar-refractivity contribution in [3.8, 4) is 0 Å². The zero-order valence-corrected chi connectivity index (χ0v) is 11.7. The van der Waals surface area contributed by atoms with Gasteiger partial charge >= 0.3 is 0 Å². The fourth-order valence-electron chi connectivity index (χ4n) is 2.04. The van der Waals surface area contributed by atoms with Crippen LogP contribution in [0.15, 0.2) is 17.8 Å². The van der Waals surface area contributed by atoms with Crippen molar-refractivity contribution >= 4 is 34.5 Å². The molecule has 100 valence electrons. The maximum absolute atomic E-state index is 4.46. The Bertz CT molecular complexity index is 605. The molecule has 2 N–H and O–H groups in total. The summed E-state index contributed by atoms with van der Waals surface area (Å²) in [6.45, 7) is 4.51. The third-order valence-corrected chi connectivity index (χ3v) is 4.83. The number of aromatic nitrogens is 4. The lowest BCUT2D eigenvalue weighted by Gasteiger charge is -2.10. The molecule has 19 heavy (non-hydrogen) atoms. The van der Waals surface area contributed by atoms with Gasteiger partial charge < -0.3 is 4.98 Å². The zero-order valence-electron chi connectivity index (χ0n) is 10.9. The number of imidazole rings is 1. The second-order valence-electron chi connectivity index (χ2n) is 4.91. The number of hydrogen-bond donors (Lipinski definition) is 2. The van der Waals surface area contributed by atoms with Gasteiger partial charge in [-0.2, -0.15) is 16.9 Å². The molecule has 1 unspecified atom stereocenters. The Labute approximate surface area is 115 Å². The summed E-state index contributed by atoms with van der Waals surface area (Å²) in [5, 5.41) is 5.14. The first-order valence-electron chi connectivity index (χ1n) is 6.31. The minimum Gasteiger partial charge on any atom is -0.340 e. The van der Waals surface area contributed by atoms with Gasteiger partial charge in [-0.15, -0.1) is 0 Å². The molecule has 1 fully saturated rings. The van der Waals surface area contributed by atoms with Crippen LogP contribution in [0.25, 0.3) is 11.2 Å². The lowest BCUT2D eigenvalue weighted by atomic mass is 10.1. The second kappa shape index (κ2) is 5.16.